The maximum Gasteiger partial charge on any atom is 0.226 e. The normalized spacial score (nSPS) is 17.6. The van der Waals surface area contributed by atoms with E-state index in [2.05, 4.69) is 9.98 Å². The Morgan fingerprint density at radius 1 is 1.43 bits per heavy atom. The van der Waals surface area contributed by atoms with Crippen LogP contribution in [0.25, 0.3) is 0 Å². The lowest BCUT2D eigenvalue weighted by Gasteiger charge is -1.81. The van der Waals surface area contributed by atoms with Crippen LogP contribution in [0.5, 0.6) is 0 Å². The summed E-state index contributed by atoms with van der Waals surface area (Å²) in [6.07, 6.45) is 2.59. The molecule has 3 nitrogen and oxygen atoms in total. The van der Waals surface area contributed by atoms with Gasteiger partial charge in [0.25, 0.3) is 0 Å². The standard InChI is InChI=1S/C4H3N3/c5-3-4-6-1-2-7-4/h1-2,4H. The average molecular weight is 93.1 g/mol. The second-order valence-electron chi connectivity index (χ2n) is 1.10. The molecule has 0 bridgehead atoms. The molecule has 0 radical (unpaired) electrons. The van der Waals surface area contributed by atoms with Crippen molar-refractivity contribution < 1.29 is 0 Å². The summed E-state index contributed by atoms with van der Waals surface area (Å²) in [4.78, 5) is 7.29. The average Bonchev–Trinajstić information content (AvgIpc) is 2.14. The second-order valence-corrected chi connectivity index (χ2v) is 1.10. The van der Waals surface area contributed by atoms with E-state index in [1.165, 1.54) is 12.4 Å². The number of aliphatic imine (C=N–C) groups is 2. The summed E-state index contributed by atoms with van der Waals surface area (Å²) in [5.74, 6) is 0. The van der Waals surface area contributed by atoms with E-state index in [1.807, 2.05) is 6.07 Å². The Labute approximate surface area is 41.0 Å². The number of nitrogens with zero attached hydrogens (tertiary/aromatic N) is 3. The highest BCUT2D eigenvalue weighted by Crippen LogP contribution is 1.91. The van der Waals surface area contributed by atoms with Crippen LogP contribution >= 0.6 is 0 Å². The summed E-state index contributed by atoms with van der Waals surface area (Å²) in [5, 5.41) is 8.09. The van der Waals surface area contributed by atoms with Crippen LogP contribution in [0.4, 0.5) is 0 Å². The lowest BCUT2D eigenvalue weighted by atomic mass is 10.6. The van der Waals surface area contributed by atoms with E-state index in [1.54, 1.807) is 0 Å². The molecule has 0 aromatic rings. The summed E-state index contributed by atoms with van der Waals surface area (Å²) in [6, 6.07) is 1.87. The third-order valence-electron chi connectivity index (χ3n) is 0.637. The van der Waals surface area contributed by atoms with Gasteiger partial charge in [0.05, 0.1) is 0 Å². The van der Waals surface area contributed by atoms with E-state index in [-0.39, 0.29) is 0 Å². The van der Waals surface area contributed by atoms with Crippen LogP contribution in [-0.2, 0) is 0 Å². The minimum absolute atomic E-state index is 0.458. The Kier molecular flexibility index (Phi) is 0.868. The number of hydrogen-bond acceptors (Lipinski definition) is 3. The first-order chi connectivity index (χ1) is 3.43. The maximum absolute atomic E-state index is 8.09. The van der Waals surface area contributed by atoms with Crippen molar-refractivity contribution in [3.8, 4) is 6.07 Å². The van der Waals surface area contributed by atoms with Crippen molar-refractivity contribution in [2.45, 2.75) is 6.17 Å². The van der Waals surface area contributed by atoms with Gasteiger partial charge in [-0.15, -0.1) is 0 Å². The zero-order chi connectivity index (χ0) is 5.11. The fraction of sp³-hybridized carbons (Fsp3) is 0.250. The molecule has 1 aliphatic rings. The molecule has 0 aromatic carbocycles. The largest absolute Gasteiger partial charge is 0.250 e. The number of nitriles is 1. The van der Waals surface area contributed by atoms with Crippen LogP contribution in [0.15, 0.2) is 9.98 Å². The van der Waals surface area contributed by atoms with Gasteiger partial charge in [0.15, 0.2) is 0 Å². The Balaban J connectivity index is 2.65. The first kappa shape index (κ1) is 4.00. The van der Waals surface area contributed by atoms with Crippen molar-refractivity contribution in [1.82, 2.24) is 0 Å². The fourth-order valence-electron chi connectivity index (χ4n) is 0.345. The summed E-state index contributed by atoms with van der Waals surface area (Å²) in [5.41, 5.74) is 0. The topological polar surface area (TPSA) is 48.5 Å². The Bertz CT molecular complexity index is 139. The predicted molar refractivity (Wildman–Crippen MR) is 26.4 cm³/mol. The Morgan fingerprint density at radius 2 is 2.00 bits per heavy atom. The van der Waals surface area contributed by atoms with Crippen molar-refractivity contribution in [3.05, 3.63) is 0 Å². The zero-order valence-electron chi connectivity index (χ0n) is 3.57. The first-order valence-electron chi connectivity index (χ1n) is 1.88. The van der Waals surface area contributed by atoms with Gasteiger partial charge in [-0.25, -0.2) is 0 Å². The number of hydrogen-bond donors (Lipinski definition) is 0. The molecule has 34 valence electrons. The highest BCUT2D eigenvalue weighted by molar-refractivity contribution is 6.17. The lowest BCUT2D eigenvalue weighted by molar-refractivity contribution is 0.921. The van der Waals surface area contributed by atoms with Crippen molar-refractivity contribution >= 4 is 12.4 Å². The van der Waals surface area contributed by atoms with Crippen LogP contribution < -0.4 is 0 Å². The molecular formula is C4H3N3. The molecule has 7 heavy (non-hydrogen) atoms. The highest BCUT2D eigenvalue weighted by Gasteiger charge is 1.99. The molecule has 0 saturated carbocycles. The second kappa shape index (κ2) is 1.52. The molecule has 1 aliphatic heterocycles. The SMILES string of the molecule is N#CC1N=CC=N1. The van der Waals surface area contributed by atoms with Crippen LogP contribution in [0.3, 0.4) is 0 Å². The van der Waals surface area contributed by atoms with E-state index in [9.17, 15) is 0 Å². The third-order valence-corrected chi connectivity index (χ3v) is 0.637. The molecule has 0 aliphatic carbocycles. The smallest absolute Gasteiger partial charge is 0.226 e. The quantitative estimate of drug-likeness (QED) is 0.415. The van der Waals surface area contributed by atoms with Gasteiger partial charge in [0.1, 0.15) is 6.07 Å². The van der Waals surface area contributed by atoms with E-state index < -0.39 is 6.17 Å². The van der Waals surface area contributed by atoms with Crippen molar-refractivity contribution in [2.75, 3.05) is 0 Å². The van der Waals surface area contributed by atoms with Gasteiger partial charge >= 0.3 is 0 Å². The minimum atomic E-state index is -0.458. The lowest BCUT2D eigenvalue weighted by Crippen LogP contribution is -1.87. The fourth-order valence-corrected chi connectivity index (χ4v) is 0.345. The maximum atomic E-state index is 8.09. The summed E-state index contributed by atoms with van der Waals surface area (Å²) < 4.78 is 0. The Morgan fingerprint density at radius 3 is 2.29 bits per heavy atom. The van der Waals surface area contributed by atoms with E-state index in [4.69, 9.17) is 5.26 Å². The predicted octanol–water partition coefficient (Wildman–Crippen LogP) is -0.00872. The van der Waals surface area contributed by atoms with Gasteiger partial charge in [-0.2, -0.15) is 5.26 Å². The molecule has 3 heteroatoms. The van der Waals surface area contributed by atoms with Crippen LogP contribution in [-0.4, -0.2) is 18.6 Å². The molecular weight excluding hydrogens is 90.1 g/mol. The van der Waals surface area contributed by atoms with Gasteiger partial charge in [-0.1, -0.05) is 0 Å². The van der Waals surface area contributed by atoms with Gasteiger partial charge in [0.2, 0.25) is 6.17 Å². The third kappa shape index (κ3) is 0.631. The molecule has 0 fully saturated rings. The Hall–Kier alpha value is -1.17. The van der Waals surface area contributed by atoms with Crippen molar-refractivity contribution in [3.63, 3.8) is 0 Å². The van der Waals surface area contributed by atoms with E-state index in [0.717, 1.165) is 0 Å². The number of rotatable bonds is 0. The van der Waals surface area contributed by atoms with Crippen molar-refractivity contribution in [2.24, 2.45) is 9.98 Å². The molecule has 0 atom stereocenters. The molecule has 1 rings (SSSR count). The van der Waals surface area contributed by atoms with Gasteiger partial charge in [-0.3, -0.25) is 9.98 Å². The first-order valence-corrected chi connectivity index (χ1v) is 1.88. The summed E-state index contributed by atoms with van der Waals surface area (Å²) in [7, 11) is 0. The molecule has 0 amide bonds. The van der Waals surface area contributed by atoms with Gasteiger partial charge in [-0.05, 0) is 0 Å². The zero-order valence-corrected chi connectivity index (χ0v) is 3.57. The molecule has 1 heterocycles. The molecule has 0 unspecified atom stereocenters. The van der Waals surface area contributed by atoms with Crippen LogP contribution in [0, 0.1) is 11.3 Å². The molecule has 0 N–H and O–H groups in total. The van der Waals surface area contributed by atoms with Gasteiger partial charge in [0, 0.05) is 12.4 Å². The highest BCUT2D eigenvalue weighted by atomic mass is 15.0. The molecule has 0 saturated heterocycles. The summed E-state index contributed by atoms with van der Waals surface area (Å²) in [6.45, 7) is 0. The summed E-state index contributed by atoms with van der Waals surface area (Å²) >= 11 is 0. The minimum Gasteiger partial charge on any atom is -0.250 e. The van der Waals surface area contributed by atoms with E-state index in [0.29, 0.717) is 0 Å². The molecule has 0 aromatic heterocycles. The van der Waals surface area contributed by atoms with Crippen LogP contribution in [0.2, 0.25) is 0 Å². The molecule has 0 spiro atoms. The monoisotopic (exact) mass is 93.0 g/mol. The van der Waals surface area contributed by atoms with Crippen molar-refractivity contribution in [1.29, 1.82) is 5.26 Å². The van der Waals surface area contributed by atoms with E-state index >= 15 is 0 Å². The van der Waals surface area contributed by atoms with Crippen LogP contribution in [0.1, 0.15) is 0 Å². The van der Waals surface area contributed by atoms with Gasteiger partial charge < -0.3 is 0 Å².